The first kappa shape index (κ1) is 9.65. The summed E-state index contributed by atoms with van der Waals surface area (Å²) < 4.78 is 5.07. The molecule has 0 saturated carbocycles. The Morgan fingerprint density at radius 1 is 1.50 bits per heavy atom. The maximum absolute atomic E-state index is 5.07. The summed E-state index contributed by atoms with van der Waals surface area (Å²) in [6, 6.07) is 0.649. The highest BCUT2D eigenvalue weighted by Gasteiger charge is 2.13. The van der Waals surface area contributed by atoms with Crippen molar-refractivity contribution >= 4 is 0 Å². The fourth-order valence-corrected chi connectivity index (χ4v) is 1.91. The Labute approximate surface area is 84.1 Å². The van der Waals surface area contributed by atoms with Crippen LogP contribution in [0.3, 0.4) is 0 Å². The van der Waals surface area contributed by atoms with Crippen molar-refractivity contribution < 1.29 is 4.52 Å². The van der Waals surface area contributed by atoms with Crippen molar-refractivity contribution in [3.63, 3.8) is 0 Å². The van der Waals surface area contributed by atoms with Crippen molar-refractivity contribution in [1.29, 1.82) is 0 Å². The van der Waals surface area contributed by atoms with E-state index < -0.39 is 0 Å². The number of hydrogen-bond acceptors (Lipinski definition) is 4. The Bertz CT molecular complexity index is 279. The summed E-state index contributed by atoms with van der Waals surface area (Å²) in [5.41, 5.74) is 0. The number of nitrogens with one attached hydrogen (secondary N) is 1. The fourth-order valence-electron chi connectivity index (χ4n) is 1.91. The van der Waals surface area contributed by atoms with Crippen LogP contribution in [0.1, 0.15) is 37.4 Å². The Balaban J connectivity index is 1.76. The molecule has 1 N–H and O–H groups in total. The molecule has 0 radical (unpaired) electrons. The number of hydrogen-bond donors (Lipinski definition) is 1. The van der Waals surface area contributed by atoms with Gasteiger partial charge in [0.2, 0.25) is 5.89 Å². The zero-order valence-corrected chi connectivity index (χ0v) is 8.62. The molecule has 4 nitrogen and oxygen atoms in total. The Kier molecular flexibility index (Phi) is 3.14. The lowest BCUT2D eigenvalue weighted by Gasteiger charge is -2.22. The molecule has 1 fully saturated rings. The van der Waals surface area contributed by atoms with Crippen LogP contribution >= 0.6 is 0 Å². The van der Waals surface area contributed by atoms with E-state index in [0.29, 0.717) is 6.04 Å². The van der Waals surface area contributed by atoms with E-state index in [-0.39, 0.29) is 0 Å². The Hall–Kier alpha value is -0.900. The molecule has 1 atom stereocenters. The van der Waals surface area contributed by atoms with Crippen LogP contribution in [0.2, 0.25) is 0 Å². The summed E-state index contributed by atoms with van der Waals surface area (Å²) in [6.45, 7) is 3.01. The lowest BCUT2D eigenvalue weighted by Crippen LogP contribution is -2.34. The normalized spacial score (nSPS) is 22.5. The van der Waals surface area contributed by atoms with Crippen LogP contribution in [-0.4, -0.2) is 22.7 Å². The maximum atomic E-state index is 5.07. The highest BCUT2D eigenvalue weighted by atomic mass is 16.5. The highest BCUT2D eigenvalue weighted by molar-refractivity contribution is 4.85. The van der Waals surface area contributed by atoms with Gasteiger partial charge in [0, 0.05) is 12.5 Å². The van der Waals surface area contributed by atoms with Gasteiger partial charge in [0.05, 0.1) is 0 Å². The van der Waals surface area contributed by atoms with E-state index in [9.17, 15) is 0 Å². The van der Waals surface area contributed by atoms with Crippen LogP contribution in [0.5, 0.6) is 0 Å². The average Bonchev–Trinajstić information content (AvgIpc) is 2.63. The zero-order chi connectivity index (χ0) is 9.80. The van der Waals surface area contributed by atoms with Crippen LogP contribution in [-0.2, 0) is 6.42 Å². The van der Waals surface area contributed by atoms with E-state index in [1.165, 1.54) is 19.3 Å². The minimum Gasteiger partial charge on any atom is -0.339 e. The molecule has 1 aliphatic heterocycles. The van der Waals surface area contributed by atoms with E-state index in [2.05, 4.69) is 15.5 Å². The second kappa shape index (κ2) is 4.55. The van der Waals surface area contributed by atoms with Crippen molar-refractivity contribution in [3.8, 4) is 0 Å². The van der Waals surface area contributed by atoms with Gasteiger partial charge in [-0.25, -0.2) is 0 Å². The molecule has 2 rings (SSSR count). The van der Waals surface area contributed by atoms with Crippen LogP contribution in [0.4, 0.5) is 0 Å². The van der Waals surface area contributed by atoms with Gasteiger partial charge in [-0.05, 0) is 32.7 Å². The van der Waals surface area contributed by atoms with Gasteiger partial charge < -0.3 is 9.84 Å². The topological polar surface area (TPSA) is 51.0 Å². The number of aryl methyl sites for hydroxylation is 2. The molecule has 0 aliphatic carbocycles. The maximum Gasteiger partial charge on any atom is 0.226 e. The molecular weight excluding hydrogens is 178 g/mol. The predicted molar refractivity (Wildman–Crippen MR) is 53.0 cm³/mol. The van der Waals surface area contributed by atoms with E-state index >= 15 is 0 Å². The second-order valence-electron chi connectivity index (χ2n) is 3.92. The van der Waals surface area contributed by atoms with E-state index in [1.54, 1.807) is 0 Å². The molecule has 0 amide bonds. The highest BCUT2D eigenvalue weighted by Crippen LogP contribution is 2.12. The van der Waals surface area contributed by atoms with Crippen LogP contribution in [0, 0.1) is 6.92 Å². The van der Waals surface area contributed by atoms with Gasteiger partial charge in [-0.15, -0.1) is 0 Å². The minimum atomic E-state index is 0.649. The molecule has 78 valence electrons. The second-order valence-corrected chi connectivity index (χ2v) is 3.92. The molecule has 14 heavy (non-hydrogen) atoms. The van der Waals surface area contributed by atoms with E-state index in [4.69, 9.17) is 4.52 Å². The van der Waals surface area contributed by atoms with Gasteiger partial charge in [-0.1, -0.05) is 11.6 Å². The SMILES string of the molecule is Cc1noc(CCC2CCCCN2)n1. The summed E-state index contributed by atoms with van der Waals surface area (Å²) in [4.78, 5) is 4.19. The fraction of sp³-hybridized carbons (Fsp3) is 0.800. The summed E-state index contributed by atoms with van der Waals surface area (Å²) in [6.07, 6.45) is 5.96. The van der Waals surface area contributed by atoms with E-state index in [1.807, 2.05) is 6.92 Å². The van der Waals surface area contributed by atoms with Crippen molar-refractivity contribution in [3.05, 3.63) is 11.7 Å². The first-order valence-corrected chi connectivity index (χ1v) is 5.37. The average molecular weight is 195 g/mol. The van der Waals surface area contributed by atoms with Gasteiger partial charge in [-0.3, -0.25) is 0 Å². The van der Waals surface area contributed by atoms with Crippen molar-refractivity contribution in [1.82, 2.24) is 15.5 Å². The molecule has 4 heteroatoms. The van der Waals surface area contributed by atoms with Crippen molar-refractivity contribution in [2.24, 2.45) is 0 Å². The number of nitrogens with zero attached hydrogens (tertiary/aromatic N) is 2. The number of piperidine rings is 1. The van der Waals surface area contributed by atoms with Gasteiger partial charge in [0.15, 0.2) is 5.82 Å². The van der Waals surface area contributed by atoms with Crippen LogP contribution < -0.4 is 5.32 Å². The monoisotopic (exact) mass is 195 g/mol. The lowest BCUT2D eigenvalue weighted by atomic mass is 10.0. The minimum absolute atomic E-state index is 0.649. The molecule has 1 aromatic rings. The zero-order valence-electron chi connectivity index (χ0n) is 8.62. The van der Waals surface area contributed by atoms with Gasteiger partial charge in [-0.2, -0.15) is 4.98 Å². The lowest BCUT2D eigenvalue weighted by molar-refractivity contribution is 0.341. The van der Waals surface area contributed by atoms with Gasteiger partial charge >= 0.3 is 0 Å². The van der Waals surface area contributed by atoms with Crippen molar-refractivity contribution in [2.45, 2.75) is 45.1 Å². The molecule has 2 heterocycles. The third-order valence-corrected chi connectivity index (χ3v) is 2.69. The van der Waals surface area contributed by atoms with E-state index in [0.717, 1.165) is 31.1 Å². The number of aromatic nitrogens is 2. The quantitative estimate of drug-likeness (QED) is 0.793. The largest absolute Gasteiger partial charge is 0.339 e. The smallest absolute Gasteiger partial charge is 0.226 e. The molecule has 1 aromatic heterocycles. The van der Waals surface area contributed by atoms with Gasteiger partial charge in [0.25, 0.3) is 0 Å². The summed E-state index contributed by atoms with van der Waals surface area (Å²) in [5.74, 6) is 1.51. The molecule has 1 saturated heterocycles. The van der Waals surface area contributed by atoms with Crippen LogP contribution in [0.25, 0.3) is 0 Å². The Morgan fingerprint density at radius 3 is 3.07 bits per heavy atom. The number of rotatable bonds is 3. The molecule has 0 spiro atoms. The molecule has 0 bridgehead atoms. The summed E-state index contributed by atoms with van der Waals surface area (Å²) in [5, 5.41) is 7.28. The third-order valence-electron chi connectivity index (χ3n) is 2.69. The standard InChI is InChI=1S/C10H17N3O/c1-8-12-10(14-13-8)6-5-9-4-2-3-7-11-9/h9,11H,2-7H2,1H3. The summed E-state index contributed by atoms with van der Waals surface area (Å²) in [7, 11) is 0. The van der Waals surface area contributed by atoms with Gasteiger partial charge in [0.1, 0.15) is 0 Å². The van der Waals surface area contributed by atoms with Crippen LogP contribution in [0.15, 0.2) is 4.52 Å². The predicted octanol–water partition coefficient (Wildman–Crippen LogP) is 1.45. The first-order valence-electron chi connectivity index (χ1n) is 5.37. The summed E-state index contributed by atoms with van der Waals surface area (Å²) >= 11 is 0. The molecular formula is C10H17N3O. The molecule has 1 aliphatic rings. The van der Waals surface area contributed by atoms with Crippen molar-refractivity contribution in [2.75, 3.05) is 6.54 Å². The Morgan fingerprint density at radius 2 is 2.43 bits per heavy atom. The molecule has 1 unspecified atom stereocenters. The molecule has 0 aromatic carbocycles. The first-order chi connectivity index (χ1) is 6.84. The third kappa shape index (κ3) is 2.54.